The molecule has 0 bridgehead atoms. The molecule has 1 aliphatic heterocycles. The Labute approximate surface area is 162 Å². The van der Waals surface area contributed by atoms with E-state index in [1.54, 1.807) is 0 Å². The number of nitrogens with two attached hydrogens (primary N) is 1. The zero-order valence-corrected chi connectivity index (χ0v) is 15.5. The third kappa shape index (κ3) is 4.51. The van der Waals surface area contributed by atoms with Crippen molar-refractivity contribution in [1.82, 2.24) is 9.55 Å². The molecule has 5 N–H and O–H groups in total. The summed E-state index contributed by atoms with van der Waals surface area (Å²) in [5.74, 6) is 0.109. The van der Waals surface area contributed by atoms with E-state index in [4.69, 9.17) is 15.6 Å². The van der Waals surface area contributed by atoms with Crippen molar-refractivity contribution in [2.45, 2.75) is 31.0 Å². The number of rotatable bonds is 3. The number of anilines is 1. The first-order valence-corrected chi connectivity index (χ1v) is 5.48. The van der Waals surface area contributed by atoms with E-state index in [2.05, 4.69) is 4.98 Å². The van der Waals surface area contributed by atoms with Gasteiger partial charge in [-0.05, 0) is 6.07 Å². The summed E-state index contributed by atoms with van der Waals surface area (Å²) in [6.45, 7) is -0.371. The Morgan fingerprint density at radius 1 is 1.35 bits per heavy atom. The third-order valence-electron chi connectivity index (χ3n) is 2.91. The molecule has 0 saturated carbocycles. The van der Waals surface area contributed by atoms with Crippen molar-refractivity contribution in [3.05, 3.63) is 22.7 Å². The average molecular weight is 305 g/mol. The van der Waals surface area contributed by atoms with Crippen LogP contribution in [0.5, 0.6) is 0 Å². The van der Waals surface area contributed by atoms with Crippen LogP contribution in [0.4, 0.5) is 5.82 Å². The van der Waals surface area contributed by atoms with E-state index in [-0.39, 0.29) is 74.3 Å². The average Bonchev–Trinajstić information content (AvgIpc) is 2.60. The summed E-state index contributed by atoms with van der Waals surface area (Å²) < 4.78 is 6.47. The molecule has 0 amide bonds. The van der Waals surface area contributed by atoms with Crippen LogP contribution in [0.25, 0.3) is 0 Å². The van der Waals surface area contributed by atoms with Crippen LogP contribution in [0.1, 0.15) is 2.85 Å². The molecule has 0 radical (unpaired) electrons. The van der Waals surface area contributed by atoms with Crippen molar-refractivity contribution < 1.29 is 82.0 Å². The molecule has 1 saturated heterocycles. The molecule has 2 rings (SSSR count). The minimum atomic E-state index is -1.17. The first-order valence-electron chi connectivity index (χ1n) is 5.48. The largest absolute Gasteiger partial charge is 1.00 e. The van der Waals surface area contributed by atoms with Crippen molar-refractivity contribution in [3.63, 3.8) is 0 Å². The number of hydrogen-bond acceptors (Lipinski definition) is 7. The second kappa shape index (κ2) is 8.84. The summed E-state index contributed by atoms with van der Waals surface area (Å²) in [7, 11) is 0. The predicted molar refractivity (Wildman–Crippen MR) is 62.9 cm³/mol. The fraction of sp³-hybridized carbons (Fsp3) is 0.600. The van der Waals surface area contributed by atoms with Gasteiger partial charge in [0.25, 0.3) is 0 Å². The molecule has 4 atom stereocenters. The maximum absolute atomic E-state index is 11.5. The molecule has 10 heteroatoms. The topological polar surface area (TPSA) is 131 Å². The Hall–Kier alpha value is 0.520. The van der Waals surface area contributed by atoms with Crippen molar-refractivity contribution in [2.24, 2.45) is 0 Å². The molecule has 1 aromatic rings. The zero-order chi connectivity index (χ0) is 13.3. The zero-order valence-electron chi connectivity index (χ0n) is 13.5. The Morgan fingerprint density at radius 2 is 1.95 bits per heavy atom. The smallest absolute Gasteiger partial charge is 1.00 e. The fourth-order valence-electron chi connectivity index (χ4n) is 1.90. The van der Waals surface area contributed by atoms with Crippen LogP contribution in [0.2, 0.25) is 0 Å². The first kappa shape index (κ1) is 20.5. The first-order chi connectivity index (χ1) is 8.52. The Kier molecular flexibility index (Phi) is 9.07. The molecular formula is C10H17N3Na2O5. The van der Waals surface area contributed by atoms with Crippen molar-refractivity contribution in [1.29, 1.82) is 0 Å². The SMILES string of the molecule is Nc1ccn(C[C@@H]2O[C@H](CO)[C@@H](O)[C@H]2O)c(=O)n1.[H-].[H-].[Na+].[Na+]. The Balaban J connectivity index is -0.000000902. The second-order valence-electron chi connectivity index (χ2n) is 4.16. The summed E-state index contributed by atoms with van der Waals surface area (Å²) >= 11 is 0. The number of nitrogen functional groups attached to an aromatic ring is 1. The normalized spacial score (nSPS) is 28.6. The van der Waals surface area contributed by atoms with Gasteiger partial charge in [-0.25, -0.2) is 4.79 Å². The Morgan fingerprint density at radius 3 is 2.45 bits per heavy atom. The van der Waals surface area contributed by atoms with E-state index in [0.29, 0.717) is 0 Å². The number of aliphatic hydroxyl groups is 3. The summed E-state index contributed by atoms with van der Waals surface area (Å²) in [6.07, 6.45) is -2.52. The van der Waals surface area contributed by atoms with Gasteiger partial charge in [0.2, 0.25) is 0 Å². The van der Waals surface area contributed by atoms with E-state index < -0.39 is 36.7 Å². The van der Waals surface area contributed by atoms with Gasteiger partial charge < -0.3 is 28.6 Å². The van der Waals surface area contributed by atoms with Crippen LogP contribution in [-0.2, 0) is 11.3 Å². The maximum Gasteiger partial charge on any atom is 1.00 e. The molecule has 1 aliphatic rings. The molecular weight excluding hydrogens is 288 g/mol. The minimum absolute atomic E-state index is 0. The summed E-state index contributed by atoms with van der Waals surface area (Å²) in [4.78, 5) is 15.0. The molecule has 0 spiro atoms. The van der Waals surface area contributed by atoms with Gasteiger partial charge in [0, 0.05) is 6.20 Å². The second-order valence-corrected chi connectivity index (χ2v) is 4.16. The van der Waals surface area contributed by atoms with Crippen LogP contribution in [0.15, 0.2) is 17.1 Å². The van der Waals surface area contributed by atoms with Crippen LogP contribution in [0, 0.1) is 0 Å². The van der Waals surface area contributed by atoms with E-state index in [9.17, 15) is 15.0 Å². The maximum atomic E-state index is 11.5. The van der Waals surface area contributed by atoms with Crippen molar-refractivity contribution in [3.8, 4) is 0 Å². The van der Waals surface area contributed by atoms with Crippen LogP contribution >= 0.6 is 0 Å². The van der Waals surface area contributed by atoms with E-state index in [1.807, 2.05) is 0 Å². The van der Waals surface area contributed by atoms with Crippen LogP contribution < -0.4 is 70.5 Å². The van der Waals surface area contributed by atoms with Crippen molar-refractivity contribution >= 4 is 5.82 Å². The molecule has 0 aromatic carbocycles. The predicted octanol–water partition coefficient (Wildman–Crippen LogP) is -8.46. The molecule has 8 nitrogen and oxygen atoms in total. The molecule has 0 unspecified atom stereocenters. The van der Waals surface area contributed by atoms with Gasteiger partial charge in [0.05, 0.1) is 13.2 Å². The number of aliphatic hydroxyl groups excluding tert-OH is 3. The monoisotopic (exact) mass is 305 g/mol. The number of hydrogen-bond donors (Lipinski definition) is 4. The number of aromatic nitrogens is 2. The number of ether oxygens (including phenoxy) is 1. The Bertz CT molecular complexity index is 496. The molecule has 104 valence electrons. The number of nitrogens with zero attached hydrogens (tertiary/aromatic N) is 2. The van der Waals surface area contributed by atoms with Gasteiger partial charge in [-0.3, -0.25) is 4.57 Å². The van der Waals surface area contributed by atoms with E-state index >= 15 is 0 Å². The summed E-state index contributed by atoms with van der Waals surface area (Å²) in [6, 6.07) is 1.45. The molecule has 0 aliphatic carbocycles. The fourth-order valence-corrected chi connectivity index (χ4v) is 1.90. The molecule has 20 heavy (non-hydrogen) atoms. The standard InChI is InChI=1S/C10H15N3O5.2Na.2H/c11-7-1-2-13(10(17)12-7)3-5-8(15)9(16)6(4-14)18-5;;;;/h1-2,5-6,8-9,14-16H,3-4H2,(H2,11,12,17);;;;/q;2*+1;2*-1/t5-,6+,8-,9+;;;;/m0..../s1. The van der Waals surface area contributed by atoms with Gasteiger partial charge in [-0.2, -0.15) is 4.98 Å². The van der Waals surface area contributed by atoms with Crippen LogP contribution in [-0.4, -0.2) is 55.9 Å². The molecule has 1 aromatic heterocycles. The van der Waals surface area contributed by atoms with Gasteiger partial charge in [-0.15, -0.1) is 0 Å². The molecule has 1 fully saturated rings. The summed E-state index contributed by atoms with van der Waals surface area (Å²) in [5, 5.41) is 28.2. The quantitative estimate of drug-likeness (QED) is 0.408. The molecule has 2 heterocycles. The third-order valence-corrected chi connectivity index (χ3v) is 2.91. The minimum Gasteiger partial charge on any atom is -1.00 e. The van der Waals surface area contributed by atoms with E-state index in [0.717, 1.165) is 0 Å². The van der Waals surface area contributed by atoms with E-state index in [1.165, 1.54) is 16.8 Å². The van der Waals surface area contributed by atoms with Crippen LogP contribution in [0.3, 0.4) is 0 Å². The van der Waals surface area contributed by atoms with Gasteiger partial charge in [-0.1, -0.05) is 0 Å². The van der Waals surface area contributed by atoms with Gasteiger partial charge in [0.15, 0.2) is 0 Å². The summed E-state index contributed by atoms with van der Waals surface area (Å²) in [5.41, 5.74) is 4.79. The van der Waals surface area contributed by atoms with Crippen molar-refractivity contribution in [2.75, 3.05) is 12.3 Å². The van der Waals surface area contributed by atoms with Gasteiger partial charge in [0.1, 0.15) is 30.2 Å². The van der Waals surface area contributed by atoms with Gasteiger partial charge >= 0.3 is 64.8 Å².